The molecule has 144 valence electrons. The number of nitrogens with zero attached hydrogens (tertiary/aromatic N) is 1. The highest BCUT2D eigenvalue weighted by Crippen LogP contribution is 2.25. The smallest absolute Gasteiger partial charge is 0.224 e. The number of anilines is 1. The maximum Gasteiger partial charge on any atom is 0.224 e. The molecule has 0 aliphatic carbocycles. The van der Waals surface area contributed by atoms with Crippen molar-refractivity contribution in [2.75, 3.05) is 5.32 Å². The SMILES string of the molecule is O=C(CCc1cnoc1-c1ccc(F)cc1)Nc1cccc(-c2ccccc2)c1. The van der Waals surface area contributed by atoms with Gasteiger partial charge >= 0.3 is 0 Å². The third-order valence-electron chi connectivity index (χ3n) is 4.63. The monoisotopic (exact) mass is 386 g/mol. The number of aryl methyl sites for hydroxylation is 1. The minimum Gasteiger partial charge on any atom is -0.356 e. The van der Waals surface area contributed by atoms with Gasteiger partial charge in [-0.3, -0.25) is 4.79 Å². The van der Waals surface area contributed by atoms with Gasteiger partial charge in [-0.1, -0.05) is 47.6 Å². The number of benzene rings is 3. The van der Waals surface area contributed by atoms with Crippen LogP contribution in [0.3, 0.4) is 0 Å². The van der Waals surface area contributed by atoms with E-state index in [9.17, 15) is 9.18 Å². The lowest BCUT2D eigenvalue weighted by Crippen LogP contribution is -2.12. The molecule has 0 unspecified atom stereocenters. The fraction of sp³-hybridized carbons (Fsp3) is 0.0833. The average Bonchev–Trinajstić information content (AvgIpc) is 3.22. The standard InChI is InChI=1S/C24H19FN2O2/c25-21-12-9-18(10-13-21)24-20(16-26-29-24)11-14-23(28)27-22-8-4-7-19(15-22)17-5-2-1-3-6-17/h1-10,12-13,15-16H,11,14H2,(H,27,28). The number of carbonyl (C=O) groups is 1. The summed E-state index contributed by atoms with van der Waals surface area (Å²) in [6.45, 7) is 0. The highest BCUT2D eigenvalue weighted by atomic mass is 19.1. The van der Waals surface area contributed by atoms with Crippen LogP contribution in [-0.2, 0) is 11.2 Å². The van der Waals surface area contributed by atoms with Crippen molar-refractivity contribution >= 4 is 11.6 Å². The highest BCUT2D eigenvalue weighted by molar-refractivity contribution is 5.91. The van der Waals surface area contributed by atoms with Gasteiger partial charge in [0.1, 0.15) is 5.82 Å². The van der Waals surface area contributed by atoms with Crippen LogP contribution in [0.15, 0.2) is 89.6 Å². The molecule has 0 radical (unpaired) electrons. The highest BCUT2D eigenvalue weighted by Gasteiger charge is 2.13. The third kappa shape index (κ3) is 4.58. The molecular formula is C24H19FN2O2. The van der Waals surface area contributed by atoms with Crippen LogP contribution in [0.5, 0.6) is 0 Å². The lowest BCUT2D eigenvalue weighted by Gasteiger charge is -2.08. The van der Waals surface area contributed by atoms with Crippen molar-refractivity contribution in [3.63, 3.8) is 0 Å². The van der Waals surface area contributed by atoms with Crippen LogP contribution in [0.2, 0.25) is 0 Å². The van der Waals surface area contributed by atoms with Crippen LogP contribution in [-0.4, -0.2) is 11.1 Å². The molecule has 5 heteroatoms. The Kier molecular flexibility index (Phi) is 5.47. The molecule has 0 spiro atoms. The molecule has 1 heterocycles. The summed E-state index contributed by atoms with van der Waals surface area (Å²) in [4.78, 5) is 12.4. The molecule has 0 bridgehead atoms. The van der Waals surface area contributed by atoms with E-state index >= 15 is 0 Å². The fourth-order valence-electron chi connectivity index (χ4n) is 3.16. The predicted molar refractivity (Wildman–Crippen MR) is 111 cm³/mol. The first-order chi connectivity index (χ1) is 14.2. The number of halogens is 1. The van der Waals surface area contributed by atoms with Crippen molar-refractivity contribution in [3.8, 4) is 22.5 Å². The summed E-state index contributed by atoms with van der Waals surface area (Å²) in [6, 6.07) is 23.8. The molecular weight excluding hydrogens is 367 g/mol. The van der Waals surface area contributed by atoms with Crippen molar-refractivity contribution < 1.29 is 13.7 Å². The molecule has 4 nitrogen and oxygen atoms in total. The van der Waals surface area contributed by atoms with E-state index in [-0.39, 0.29) is 18.1 Å². The number of hydrogen-bond acceptors (Lipinski definition) is 3. The van der Waals surface area contributed by atoms with Crippen LogP contribution < -0.4 is 5.32 Å². The Balaban J connectivity index is 1.40. The molecule has 1 aromatic heterocycles. The quantitative estimate of drug-likeness (QED) is 0.461. The summed E-state index contributed by atoms with van der Waals surface area (Å²) in [7, 11) is 0. The van der Waals surface area contributed by atoms with Crippen LogP contribution in [0.25, 0.3) is 22.5 Å². The second-order valence-electron chi connectivity index (χ2n) is 6.68. The van der Waals surface area contributed by atoms with E-state index in [1.165, 1.54) is 12.1 Å². The van der Waals surface area contributed by atoms with Crippen LogP contribution >= 0.6 is 0 Å². The first kappa shape index (κ1) is 18.6. The topological polar surface area (TPSA) is 55.1 Å². The maximum atomic E-state index is 13.1. The average molecular weight is 386 g/mol. The molecule has 1 N–H and O–H groups in total. The Morgan fingerprint density at radius 2 is 1.66 bits per heavy atom. The Bertz CT molecular complexity index is 1110. The van der Waals surface area contributed by atoms with Crippen molar-refractivity contribution in [1.82, 2.24) is 5.16 Å². The van der Waals surface area contributed by atoms with E-state index in [0.717, 1.165) is 27.9 Å². The van der Waals surface area contributed by atoms with Gasteiger partial charge in [0.25, 0.3) is 0 Å². The van der Waals surface area contributed by atoms with E-state index < -0.39 is 0 Å². The van der Waals surface area contributed by atoms with E-state index in [1.54, 1.807) is 18.3 Å². The normalized spacial score (nSPS) is 10.7. The number of aromatic nitrogens is 1. The Morgan fingerprint density at radius 3 is 2.45 bits per heavy atom. The molecule has 4 rings (SSSR count). The second-order valence-corrected chi connectivity index (χ2v) is 6.68. The van der Waals surface area contributed by atoms with Crippen molar-refractivity contribution in [2.45, 2.75) is 12.8 Å². The molecule has 3 aromatic carbocycles. The summed E-state index contributed by atoms with van der Waals surface area (Å²) in [5.74, 6) is 0.150. The third-order valence-corrected chi connectivity index (χ3v) is 4.63. The van der Waals surface area contributed by atoms with Crippen molar-refractivity contribution in [1.29, 1.82) is 0 Å². The molecule has 1 amide bonds. The number of carbonyl (C=O) groups excluding carboxylic acids is 1. The molecule has 0 saturated heterocycles. The van der Waals surface area contributed by atoms with Gasteiger partial charge in [0.2, 0.25) is 5.91 Å². The summed E-state index contributed by atoms with van der Waals surface area (Å²) in [6.07, 6.45) is 2.35. The zero-order chi connectivity index (χ0) is 20.1. The maximum absolute atomic E-state index is 13.1. The fourth-order valence-corrected chi connectivity index (χ4v) is 3.16. The number of nitrogens with one attached hydrogen (secondary N) is 1. The van der Waals surface area contributed by atoms with Gasteiger partial charge in [0, 0.05) is 23.2 Å². The van der Waals surface area contributed by atoms with Gasteiger partial charge in [-0.2, -0.15) is 0 Å². The molecule has 0 aliphatic rings. The summed E-state index contributed by atoms with van der Waals surface area (Å²) in [5, 5.41) is 6.77. The Labute approximate surface area is 168 Å². The molecule has 0 atom stereocenters. The zero-order valence-corrected chi connectivity index (χ0v) is 15.6. The number of amides is 1. The molecule has 0 saturated carbocycles. The van der Waals surface area contributed by atoms with Gasteiger partial charge in [-0.25, -0.2) is 4.39 Å². The number of hydrogen-bond donors (Lipinski definition) is 1. The van der Waals surface area contributed by atoms with Gasteiger partial charge < -0.3 is 9.84 Å². The van der Waals surface area contributed by atoms with Gasteiger partial charge in [0.15, 0.2) is 5.76 Å². The first-order valence-electron chi connectivity index (χ1n) is 9.34. The Hall–Kier alpha value is -3.73. The minimum absolute atomic E-state index is 0.0959. The molecule has 0 fully saturated rings. The largest absolute Gasteiger partial charge is 0.356 e. The van der Waals surface area contributed by atoms with Crippen LogP contribution in [0.4, 0.5) is 10.1 Å². The van der Waals surface area contributed by atoms with Crippen molar-refractivity contribution in [2.24, 2.45) is 0 Å². The Morgan fingerprint density at radius 1 is 0.897 bits per heavy atom. The van der Waals surface area contributed by atoms with Gasteiger partial charge in [-0.15, -0.1) is 0 Å². The molecule has 29 heavy (non-hydrogen) atoms. The van der Waals surface area contributed by atoms with Crippen LogP contribution in [0.1, 0.15) is 12.0 Å². The second kappa shape index (κ2) is 8.52. The predicted octanol–water partition coefficient (Wildman–Crippen LogP) is 5.72. The van der Waals surface area contributed by atoms with Gasteiger partial charge in [-0.05, 0) is 53.9 Å². The summed E-state index contributed by atoms with van der Waals surface area (Å²) in [5.41, 5.74) is 4.43. The van der Waals surface area contributed by atoms with E-state index in [1.807, 2.05) is 54.6 Å². The zero-order valence-electron chi connectivity index (χ0n) is 15.6. The van der Waals surface area contributed by atoms with E-state index in [0.29, 0.717) is 12.2 Å². The van der Waals surface area contributed by atoms with E-state index in [2.05, 4.69) is 10.5 Å². The molecule has 0 aliphatic heterocycles. The van der Waals surface area contributed by atoms with Crippen LogP contribution in [0, 0.1) is 5.82 Å². The number of rotatable bonds is 6. The van der Waals surface area contributed by atoms with E-state index in [4.69, 9.17) is 4.52 Å². The van der Waals surface area contributed by atoms with Crippen molar-refractivity contribution in [3.05, 3.63) is 96.4 Å². The lowest BCUT2D eigenvalue weighted by molar-refractivity contribution is -0.116. The lowest BCUT2D eigenvalue weighted by atomic mass is 10.0. The first-order valence-corrected chi connectivity index (χ1v) is 9.34. The minimum atomic E-state index is -0.313. The van der Waals surface area contributed by atoms with Gasteiger partial charge in [0.05, 0.1) is 6.20 Å². The summed E-state index contributed by atoms with van der Waals surface area (Å²) >= 11 is 0. The molecule has 4 aromatic rings. The summed E-state index contributed by atoms with van der Waals surface area (Å²) < 4.78 is 18.4.